The number of hydrogen-bond donors (Lipinski definition) is 1. The van der Waals surface area contributed by atoms with Crippen LogP contribution in [0.3, 0.4) is 0 Å². The number of sulfonamides is 1. The van der Waals surface area contributed by atoms with Gasteiger partial charge >= 0.3 is 0 Å². The van der Waals surface area contributed by atoms with Crippen LogP contribution in [0.25, 0.3) is 0 Å². The molecule has 0 bridgehead atoms. The van der Waals surface area contributed by atoms with E-state index < -0.39 is 10.0 Å². The van der Waals surface area contributed by atoms with Crippen LogP contribution < -0.4 is 0 Å². The van der Waals surface area contributed by atoms with Gasteiger partial charge in [0.05, 0.1) is 4.90 Å². The summed E-state index contributed by atoms with van der Waals surface area (Å²) < 4.78 is 27.3. The second-order valence-electron chi connectivity index (χ2n) is 5.72. The number of rotatable bonds is 2. The maximum Gasteiger partial charge on any atom is 0.244 e. The fourth-order valence-electron chi connectivity index (χ4n) is 2.82. The van der Waals surface area contributed by atoms with Crippen molar-refractivity contribution in [3.8, 4) is 11.8 Å². The molecule has 1 aliphatic rings. The Kier molecular flexibility index (Phi) is 4.72. The summed E-state index contributed by atoms with van der Waals surface area (Å²) in [6.45, 7) is 6.15. The van der Waals surface area contributed by atoms with Crippen molar-refractivity contribution < 1.29 is 13.5 Å². The van der Waals surface area contributed by atoms with Crippen molar-refractivity contribution >= 4 is 10.0 Å². The molecule has 1 aliphatic heterocycles. The lowest BCUT2D eigenvalue weighted by molar-refractivity contribution is 0.350. The molecule has 114 valence electrons. The number of nitrogens with zero attached hydrogens (tertiary/aromatic N) is 1. The SMILES string of the molecule is Cc1ccc(S(=O)(=O)N2CC(C)CC2C)c(C#CCO)c1. The summed E-state index contributed by atoms with van der Waals surface area (Å²) in [6, 6.07) is 5.15. The van der Waals surface area contributed by atoms with E-state index in [-0.39, 0.29) is 17.5 Å². The Bertz CT molecular complexity index is 685. The van der Waals surface area contributed by atoms with Gasteiger partial charge in [0.2, 0.25) is 10.0 Å². The number of benzene rings is 1. The van der Waals surface area contributed by atoms with Crippen molar-refractivity contribution in [2.24, 2.45) is 5.92 Å². The van der Waals surface area contributed by atoms with E-state index in [4.69, 9.17) is 5.11 Å². The Labute approximate surface area is 126 Å². The maximum absolute atomic E-state index is 12.9. The van der Waals surface area contributed by atoms with Gasteiger partial charge in [0, 0.05) is 18.2 Å². The predicted molar refractivity (Wildman–Crippen MR) is 82.3 cm³/mol. The Morgan fingerprint density at radius 1 is 1.38 bits per heavy atom. The number of aliphatic hydroxyl groups excluding tert-OH is 1. The van der Waals surface area contributed by atoms with Crippen LogP contribution in [-0.2, 0) is 10.0 Å². The van der Waals surface area contributed by atoms with E-state index in [0.717, 1.165) is 12.0 Å². The van der Waals surface area contributed by atoms with Gasteiger partial charge in [0.1, 0.15) is 6.61 Å². The lowest BCUT2D eigenvalue weighted by Crippen LogP contribution is -2.34. The highest BCUT2D eigenvalue weighted by molar-refractivity contribution is 7.89. The van der Waals surface area contributed by atoms with Gasteiger partial charge in [-0.1, -0.05) is 24.8 Å². The first-order chi connectivity index (χ1) is 9.86. The summed E-state index contributed by atoms with van der Waals surface area (Å²) in [6.07, 6.45) is 0.878. The molecule has 1 fully saturated rings. The summed E-state index contributed by atoms with van der Waals surface area (Å²) >= 11 is 0. The third kappa shape index (κ3) is 3.29. The molecule has 1 aromatic rings. The van der Waals surface area contributed by atoms with Crippen LogP contribution in [0.15, 0.2) is 23.1 Å². The zero-order valence-electron chi connectivity index (χ0n) is 12.6. The predicted octanol–water partition coefficient (Wildman–Crippen LogP) is 1.76. The molecule has 0 radical (unpaired) electrons. The lowest BCUT2D eigenvalue weighted by Gasteiger charge is -2.22. The van der Waals surface area contributed by atoms with Gasteiger partial charge in [-0.3, -0.25) is 0 Å². The van der Waals surface area contributed by atoms with Crippen molar-refractivity contribution in [2.45, 2.75) is 38.1 Å². The fraction of sp³-hybridized carbons (Fsp3) is 0.500. The summed E-state index contributed by atoms with van der Waals surface area (Å²) in [5.41, 5.74) is 1.40. The van der Waals surface area contributed by atoms with Crippen molar-refractivity contribution in [3.05, 3.63) is 29.3 Å². The van der Waals surface area contributed by atoms with Crippen LogP contribution in [0, 0.1) is 24.7 Å². The molecule has 2 atom stereocenters. The van der Waals surface area contributed by atoms with Crippen molar-refractivity contribution in [1.29, 1.82) is 0 Å². The molecule has 1 heterocycles. The van der Waals surface area contributed by atoms with Crippen LogP contribution in [0.5, 0.6) is 0 Å². The highest BCUT2D eigenvalue weighted by atomic mass is 32.2. The Morgan fingerprint density at radius 3 is 2.67 bits per heavy atom. The molecule has 2 rings (SSSR count). The molecule has 1 saturated heterocycles. The van der Waals surface area contributed by atoms with Crippen LogP contribution in [0.4, 0.5) is 0 Å². The molecule has 0 amide bonds. The lowest BCUT2D eigenvalue weighted by atomic mass is 10.1. The summed E-state index contributed by atoms with van der Waals surface area (Å²) in [4.78, 5) is 0.231. The standard InChI is InChI=1S/C16H21NO3S/c1-12-6-7-16(15(10-12)5-4-8-18)21(19,20)17-11-13(2)9-14(17)3/h6-7,10,13-14,18H,8-9,11H2,1-3H3. The third-order valence-corrected chi connectivity index (χ3v) is 5.79. The molecule has 2 unspecified atom stereocenters. The quantitative estimate of drug-likeness (QED) is 0.847. The average molecular weight is 307 g/mol. The topological polar surface area (TPSA) is 57.6 Å². The van der Waals surface area contributed by atoms with Crippen LogP contribution in [0.1, 0.15) is 31.4 Å². The summed E-state index contributed by atoms with van der Waals surface area (Å²) in [7, 11) is -3.55. The van der Waals surface area contributed by atoms with E-state index in [1.54, 1.807) is 22.5 Å². The van der Waals surface area contributed by atoms with E-state index in [9.17, 15) is 8.42 Å². The first kappa shape index (κ1) is 16.0. The smallest absolute Gasteiger partial charge is 0.244 e. The molecule has 0 aliphatic carbocycles. The zero-order valence-corrected chi connectivity index (χ0v) is 13.4. The zero-order chi connectivity index (χ0) is 15.6. The number of aryl methyl sites for hydroxylation is 1. The largest absolute Gasteiger partial charge is 0.384 e. The van der Waals surface area contributed by atoms with Gasteiger partial charge in [-0.15, -0.1) is 0 Å². The highest BCUT2D eigenvalue weighted by Crippen LogP contribution is 2.30. The van der Waals surface area contributed by atoms with E-state index >= 15 is 0 Å². The van der Waals surface area contributed by atoms with Crippen molar-refractivity contribution in [1.82, 2.24) is 4.31 Å². The molecule has 1 aromatic carbocycles. The van der Waals surface area contributed by atoms with Crippen molar-refractivity contribution in [3.63, 3.8) is 0 Å². The first-order valence-electron chi connectivity index (χ1n) is 7.08. The van der Waals surface area contributed by atoms with Gasteiger partial charge in [0.25, 0.3) is 0 Å². The van der Waals surface area contributed by atoms with Crippen LogP contribution >= 0.6 is 0 Å². The molecule has 0 saturated carbocycles. The number of aliphatic hydroxyl groups is 1. The first-order valence-corrected chi connectivity index (χ1v) is 8.52. The minimum Gasteiger partial charge on any atom is -0.384 e. The molecular weight excluding hydrogens is 286 g/mol. The second kappa shape index (κ2) is 6.18. The molecule has 0 aromatic heterocycles. The van der Waals surface area contributed by atoms with E-state index in [1.165, 1.54) is 0 Å². The minimum atomic E-state index is -3.55. The number of hydrogen-bond acceptors (Lipinski definition) is 3. The average Bonchev–Trinajstić information content (AvgIpc) is 2.76. The van der Waals surface area contributed by atoms with E-state index in [1.807, 2.05) is 13.8 Å². The third-order valence-electron chi connectivity index (χ3n) is 3.75. The highest BCUT2D eigenvalue weighted by Gasteiger charge is 2.36. The van der Waals surface area contributed by atoms with Gasteiger partial charge < -0.3 is 5.11 Å². The van der Waals surface area contributed by atoms with E-state index in [2.05, 4.69) is 18.8 Å². The Balaban J connectivity index is 2.50. The Hall–Kier alpha value is -1.35. The molecule has 1 N–H and O–H groups in total. The molecule has 0 spiro atoms. The van der Waals surface area contributed by atoms with Gasteiger partial charge in [-0.25, -0.2) is 8.42 Å². The van der Waals surface area contributed by atoms with Gasteiger partial charge in [-0.2, -0.15) is 4.31 Å². The monoisotopic (exact) mass is 307 g/mol. The van der Waals surface area contributed by atoms with Crippen LogP contribution in [-0.4, -0.2) is 37.0 Å². The molecule has 4 nitrogen and oxygen atoms in total. The summed E-state index contributed by atoms with van der Waals surface area (Å²) in [5.74, 6) is 5.66. The van der Waals surface area contributed by atoms with Gasteiger partial charge in [-0.05, 0) is 43.9 Å². The normalized spacial score (nSPS) is 22.9. The van der Waals surface area contributed by atoms with Crippen molar-refractivity contribution in [2.75, 3.05) is 13.2 Å². The second-order valence-corrected chi connectivity index (χ2v) is 7.58. The minimum absolute atomic E-state index is 0.00459. The molecular formula is C16H21NO3S. The van der Waals surface area contributed by atoms with Gasteiger partial charge in [0.15, 0.2) is 0 Å². The molecule has 21 heavy (non-hydrogen) atoms. The van der Waals surface area contributed by atoms with E-state index in [0.29, 0.717) is 18.0 Å². The van der Waals surface area contributed by atoms with Crippen LogP contribution in [0.2, 0.25) is 0 Å². The molecule has 5 heteroatoms. The fourth-order valence-corrected chi connectivity index (χ4v) is 4.72. The summed E-state index contributed by atoms with van der Waals surface area (Å²) in [5, 5.41) is 8.85. The Morgan fingerprint density at radius 2 is 2.10 bits per heavy atom. The maximum atomic E-state index is 12.9.